The number of H-pyrrole nitrogens is 1. The lowest BCUT2D eigenvalue weighted by Gasteiger charge is -2.30. The van der Waals surface area contributed by atoms with E-state index in [-0.39, 0.29) is 11.8 Å². The molecule has 2 aromatic carbocycles. The van der Waals surface area contributed by atoms with E-state index in [1.165, 1.54) is 4.31 Å². The number of fused-ring (bicyclic) bond motifs is 1. The standard InChI is InChI=1S/C25H32N4O3S/c1-18(2)19-9-11-21(12-10-19)33(31,32)29-16-13-20(14-17-29)25(30)26-15-5-8-24-27-22-6-3-4-7-23(22)28-24/h3-4,6-7,9-12,18,20H,5,8,13-17H2,1-2H3,(H,26,30)(H,27,28). The average molecular weight is 469 g/mol. The number of imidazole rings is 1. The van der Waals surface area contributed by atoms with Crippen LogP contribution in [0.15, 0.2) is 53.4 Å². The van der Waals surface area contributed by atoms with Crippen LogP contribution in [0.3, 0.4) is 0 Å². The molecule has 2 N–H and O–H groups in total. The Kier molecular flexibility index (Phi) is 7.14. The third-order valence-corrected chi connectivity index (χ3v) is 8.25. The minimum atomic E-state index is -3.53. The molecule has 1 fully saturated rings. The Balaban J connectivity index is 1.22. The topological polar surface area (TPSA) is 95.2 Å². The van der Waals surface area contributed by atoms with E-state index in [2.05, 4.69) is 29.1 Å². The van der Waals surface area contributed by atoms with Gasteiger partial charge in [0.15, 0.2) is 0 Å². The first-order chi connectivity index (χ1) is 15.8. The van der Waals surface area contributed by atoms with Gasteiger partial charge in [0.25, 0.3) is 0 Å². The monoisotopic (exact) mass is 468 g/mol. The lowest BCUT2D eigenvalue weighted by Crippen LogP contribution is -2.43. The van der Waals surface area contributed by atoms with Gasteiger partial charge in [0.2, 0.25) is 15.9 Å². The molecular weight excluding hydrogens is 436 g/mol. The van der Waals surface area contributed by atoms with Gasteiger partial charge in [0.1, 0.15) is 5.82 Å². The number of nitrogens with one attached hydrogen (secondary N) is 2. The van der Waals surface area contributed by atoms with Gasteiger partial charge in [0.05, 0.1) is 15.9 Å². The van der Waals surface area contributed by atoms with Crippen LogP contribution in [0, 0.1) is 5.92 Å². The number of hydrogen-bond acceptors (Lipinski definition) is 4. The van der Waals surface area contributed by atoms with E-state index in [9.17, 15) is 13.2 Å². The number of piperidine rings is 1. The first kappa shape index (κ1) is 23.4. The highest BCUT2D eigenvalue weighted by atomic mass is 32.2. The van der Waals surface area contributed by atoms with Crippen LogP contribution in [0.5, 0.6) is 0 Å². The number of aryl methyl sites for hydroxylation is 1. The number of carbonyl (C=O) groups is 1. The molecule has 1 saturated heterocycles. The van der Waals surface area contributed by atoms with Crippen LogP contribution < -0.4 is 5.32 Å². The highest BCUT2D eigenvalue weighted by Gasteiger charge is 2.32. The highest BCUT2D eigenvalue weighted by Crippen LogP contribution is 2.25. The Morgan fingerprint density at radius 1 is 1.12 bits per heavy atom. The van der Waals surface area contributed by atoms with Gasteiger partial charge >= 0.3 is 0 Å². The second-order valence-corrected chi connectivity index (χ2v) is 10.9. The Bertz CT molecular complexity index is 1160. The molecule has 0 spiro atoms. The normalized spacial score (nSPS) is 15.8. The van der Waals surface area contributed by atoms with Crippen molar-refractivity contribution in [2.24, 2.45) is 5.92 Å². The van der Waals surface area contributed by atoms with Crippen molar-refractivity contribution in [3.05, 3.63) is 59.9 Å². The summed E-state index contributed by atoms with van der Waals surface area (Å²) < 4.78 is 27.4. The molecule has 7 nitrogen and oxygen atoms in total. The van der Waals surface area contributed by atoms with E-state index >= 15 is 0 Å². The maximum atomic E-state index is 13.0. The number of rotatable bonds is 8. The maximum absolute atomic E-state index is 13.0. The predicted octanol–water partition coefficient (Wildman–Crippen LogP) is 3.84. The summed E-state index contributed by atoms with van der Waals surface area (Å²) in [7, 11) is -3.53. The van der Waals surface area contributed by atoms with Crippen LogP contribution in [0.4, 0.5) is 0 Å². The van der Waals surface area contributed by atoms with Gasteiger partial charge in [-0.3, -0.25) is 4.79 Å². The van der Waals surface area contributed by atoms with E-state index in [4.69, 9.17) is 0 Å². The van der Waals surface area contributed by atoms with Crippen molar-refractivity contribution in [1.29, 1.82) is 0 Å². The first-order valence-corrected chi connectivity index (χ1v) is 13.1. The summed E-state index contributed by atoms with van der Waals surface area (Å²) in [5, 5.41) is 3.01. The Morgan fingerprint density at radius 2 is 1.82 bits per heavy atom. The first-order valence-electron chi connectivity index (χ1n) is 11.7. The van der Waals surface area contributed by atoms with Gasteiger partial charge < -0.3 is 10.3 Å². The molecule has 8 heteroatoms. The summed E-state index contributed by atoms with van der Waals surface area (Å²) in [4.78, 5) is 20.8. The molecule has 4 rings (SSSR count). The van der Waals surface area contributed by atoms with Gasteiger partial charge in [-0.25, -0.2) is 13.4 Å². The van der Waals surface area contributed by atoms with Crippen LogP contribution in [-0.2, 0) is 21.2 Å². The molecule has 176 valence electrons. The van der Waals surface area contributed by atoms with Crippen LogP contribution in [0.25, 0.3) is 11.0 Å². The zero-order valence-electron chi connectivity index (χ0n) is 19.3. The fourth-order valence-corrected chi connectivity index (χ4v) is 5.74. The fraction of sp³-hybridized carbons (Fsp3) is 0.440. The van der Waals surface area contributed by atoms with Crippen LogP contribution in [0.1, 0.15) is 50.4 Å². The van der Waals surface area contributed by atoms with Crippen LogP contribution in [0.2, 0.25) is 0 Å². The molecule has 33 heavy (non-hydrogen) atoms. The van der Waals surface area contributed by atoms with E-state index in [0.717, 1.165) is 35.3 Å². The number of amides is 1. The minimum Gasteiger partial charge on any atom is -0.356 e. The lowest BCUT2D eigenvalue weighted by molar-refractivity contribution is -0.126. The molecule has 1 aromatic heterocycles. The molecule has 0 aliphatic carbocycles. The Labute approximate surface area is 195 Å². The number of sulfonamides is 1. The molecular formula is C25H32N4O3S. The summed E-state index contributed by atoms with van der Waals surface area (Å²) in [6.45, 7) is 5.48. The third kappa shape index (κ3) is 5.45. The predicted molar refractivity (Wildman–Crippen MR) is 129 cm³/mol. The smallest absolute Gasteiger partial charge is 0.243 e. The Hall–Kier alpha value is -2.71. The number of nitrogens with zero attached hydrogens (tertiary/aromatic N) is 2. The van der Waals surface area contributed by atoms with Gasteiger partial charge in [0, 0.05) is 32.0 Å². The van der Waals surface area contributed by atoms with Crippen molar-refractivity contribution >= 4 is 27.0 Å². The van der Waals surface area contributed by atoms with E-state index in [1.54, 1.807) is 12.1 Å². The van der Waals surface area contributed by atoms with Crippen molar-refractivity contribution in [2.75, 3.05) is 19.6 Å². The summed E-state index contributed by atoms with van der Waals surface area (Å²) >= 11 is 0. The summed E-state index contributed by atoms with van der Waals surface area (Å²) in [6, 6.07) is 15.0. The zero-order valence-corrected chi connectivity index (χ0v) is 20.1. The molecule has 0 bridgehead atoms. The largest absolute Gasteiger partial charge is 0.356 e. The maximum Gasteiger partial charge on any atom is 0.243 e. The number of hydrogen-bond donors (Lipinski definition) is 2. The van der Waals surface area contributed by atoms with Crippen molar-refractivity contribution in [2.45, 2.75) is 50.3 Å². The van der Waals surface area contributed by atoms with Gasteiger partial charge in [-0.2, -0.15) is 4.31 Å². The molecule has 1 amide bonds. The number of para-hydroxylation sites is 2. The van der Waals surface area contributed by atoms with E-state index < -0.39 is 10.0 Å². The van der Waals surface area contributed by atoms with Gasteiger partial charge in [-0.05, 0) is 55.0 Å². The molecule has 0 unspecified atom stereocenters. The molecule has 0 atom stereocenters. The molecule has 3 aromatic rings. The van der Waals surface area contributed by atoms with Crippen molar-refractivity contribution in [3.63, 3.8) is 0 Å². The average Bonchev–Trinajstić information content (AvgIpc) is 3.25. The number of aromatic amines is 1. The van der Waals surface area contributed by atoms with Crippen molar-refractivity contribution in [1.82, 2.24) is 19.6 Å². The zero-order chi connectivity index (χ0) is 23.4. The third-order valence-electron chi connectivity index (χ3n) is 6.34. The fourth-order valence-electron chi connectivity index (χ4n) is 4.27. The number of benzene rings is 2. The van der Waals surface area contributed by atoms with Gasteiger partial charge in [-0.15, -0.1) is 0 Å². The van der Waals surface area contributed by atoms with Crippen LogP contribution >= 0.6 is 0 Å². The SMILES string of the molecule is CC(C)c1ccc(S(=O)(=O)N2CCC(C(=O)NCCCc3nc4ccccc4[nH]3)CC2)cc1. The summed E-state index contributed by atoms with van der Waals surface area (Å²) in [5.41, 5.74) is 3.09. The molecule has 2 heterocycles. The summed E-state index contributed by atoms with van der Waals surface area (Å²) in [5.74, 6) is 1.14. The molecule has 0 radical (unpaired) electrons. The number of carbonyl (C=O) groups excluding carboxylic acids is 1. The second-order valence-electron chi connectivity index (χ2n) is 9.00. The lowest BCUT2D eigenvalue weighted by atomic mass is 9.97. The second kappa shape index (κ2) is 10.1. The van der Waals surface area contributed by atoms with E-state index in [1.807, 2.05) is 36.4 Å². The minimum absolute atomic E-state index is 0.0120. The molecule has 1 aliphatic heterocycles. The highest BCUT2D eigenvalue weighted by molar-refractivity contribution is 7.89. The Morgan fingerprint density at radius 3 is 2.48 bits per heavy atom. The van der Waals surface area contributed by atoms with Crippen LogP contribution in [-0.4, -0.2) is 48.2 Å². The quantitative estimate of drug-likeness (QED) is 0.491. The summed E-state index contributed by atoms with van der Waals surface area (Å²) in [6.07, 6.45) is 2.64. The van der Waals surface area contributed by atoms with Gasteiger partial charge in [-0.1, -0.05) is 38.1 Å². The number of aromatic nitrogens is 2. The van der Waals surface area contributed by atoms with Crippen molar-refractivity contribution < 1.29 is 13.2 Å². The molecule has 1 aliphatic rings. The van der Waals surface area contributed by atoms with E-state index in [0.29, 0.717) is 43.3 Å². The molecule has 0 saturated carbocycles. The van der Waals surface area contributed by atoms with Crippen molar-refractivity contribution in [3.8, 4) is 0 Å².